The topological polar surface area (TPSA) is 82.2 Å². The lowest BCUT2D eigenvalue weighted by atomic mass is 10.1. The molecule has 6 heteroatoms. The van der Waals surface area contributed by atoms with Gasteiger partial charge in [0.1, 0.15) is 11.6 Å². The van der Waals surface area contributed by atoms with Gasteiger partial charge in [-0.25, -0.2) is 0 Å². The maximum absolute atomic E-state index is 11.1. The summed E-state index contributed by atoms with van der Waals surface area (Å²) in [4.78, 5) is 11.1. The third-order valence-corrected chi connectivity index (χ3v) is 2.69. The van der Waals surface area contributed by atoms with E-state index >= 15 is 0 Å². The lowest BCUT2D eigenvalue weighted by Gasteiger charge is -2.11. The SMILES string of the molecule is COc1ccc(NC(C)=O)cc1-c1cc(N)nn1C. The average molecular weight is 260 g/mol. The Hall–Kier alpha value is -2.50. The lowest BCUT2D eigenvalue weighted by molar-refractivity contribution is -0.114. The van der Waals surface area contributed by atoms with Gasteiger partial charge in [0.15, 0.2) is 0 Å². The van der Waals surface area contributed by atoms with E-state index < -0.39 is 0 Å². The summed E-state index contributed by atoms with van der Waals surface area (Å²) in [6.07, 6.45) is 0. The zero-order valence-electron chi connectivity index (χ0n) is 11.1. The van der Waals surface area contributed by atoms with Crippen LogP contribution in [0.2, 0.25) is 0 Å². The van der Waals surface area contributed by atoms with Crippen molar-refractivity contribution in [2.45, 2.75) is 6.92 Å². The van der Waals surface area contributed by atoms with Crippen LogP contribution in [-0.2, 0) is 11.8 Å². The minimum atomic E-state index is -0.124. The molecule has 0 saturated carbocycles. The number of benzene rings is 1. The van der Waals surface area contributed by atoms with Gasteiger partial charge < -0.3 is 15.8 Å². The van der Waals surface area contributed by atoms with Crippen LogP contribution in [0.3, 0.4) is 0 Å². The summed E-state index contributed by atoms with van der Waals surface area (Å²) in [6, 6.07) is 7.17. The fourth-order valence-electron chi connectivity index (χ4n) is 1.93. The van der Waals surface area contributed by atoms with Crippen molar-refractivity contribution in [1.82, 2.24) is 9.78 Å². The Labute approximate surface area is 111 Å². The Balaban J connectivity index is 2.53. The molecule has 1 aromatic carbocycles. The molecule has 2 aromatic rings. The number of nitrogens with zero attached hydrogens (tertiary/aromatic N) is 2. The number of aromatic nitrogens is 2. The van der Waals surface area contributed by atoms with E-state index in [1.165, 1.54) is 6.92 Å². The maximum Gasteiger partial charge on any atom is 0.221 e. The fraction of sp³-hybridized carbons (Fsp3) is 0.231. The van der Waals surface area contributed by atoms with Gasteiger partial charge in [-0.1, -0.05) is 0 Å². The molecule has 0 aliphatic rings. The summed E-state index contributed by atoms with van der Waals surface area (Å²) < 4.78 is 7.00. The molecule has 0 spiro atoms. The van der Waals surface area contributed by atoms with Crippen molar-refractivity contribution in [2.24, 2.45) is 7.05 Å². The quantitative estimate of drug-likeness (QED) is 0.878. The first-order valence-corrected chi connectivity index (χ1v) is 5.76. The number of anilines is 2. The van der Waals surface area contributed by atoms with Crippen LogP contribution >= 0.6 is 0 Å². The highest BCUT2D eigenvalue weighted by Gasteiger charge is 2.12. The smallest absolute Gasteiger partial charge is 0.221 e. The van der Waals surface area contributed by atoms with Gasteiger partial charge in [0.2, 0.25) is 5.91 Å². The largest absolute Gasteiger partial charge is 0.496 e. The van der Waals surface area contributed by atoms with Crippen molar-refractivity contribution in [3.05, 3.63) is 24.3 Å². The number of carbonyl (C=O) groups excluding carboxylic acids is 1. The van der Waals surface area contributed by atoms with E-state index in [2.05, 4.69) is 10.4 Å². The Morgan fingerprint density at radius 3 is 2.68 bits per heavy atom. The molecule has 1 aromatic heterocycles. The predicted molar refractivity (Wildman–Crippen MR) is 73.9 cm³/mol. The van der Waals surface area contributed by atoms with Crippen LogP contribution in [-0.4, -0.2) is 22.8 Å². The second kappa shape index (κ2) is 5.01. The Morgan fingerprint density at radius 1 is 1.42 bits per heavy atom. The zero-order valence-corrected chi connectivity index (χ0v) is 11.1. The molecule has 0 unspecified atom stereocenters. The van der Waals surface area contributed by atoms with Crippen LogP contribution in [0.5, 0.6) is 5.75 Å². The lowest BCUT2D eigenvalue weighted by Crippen LogP contribution is -2.06. The third kappa shape index (κ3) is 2.67. The molecule has 0 aliphatic carbocycles. The monoisotopic (exact) mass is 260 g/mol. The Morgan fingerprint density at radius 2 is 2.16 bits per heavy atom. The number of nitrogens with one attached hydrogen (secondary N) is 1. The predicted octanol–water partition coefficient (Wildman–Crippen LogP) is 1.64. The molecule has 0 fully saturated rings. The number of hydrogen-bond acceptors (Lipinski definition) is 4. The number of aryl methyl sites for hydroxylation is 1. The molecule has 1 amide bonds. The van der Waals surface area contributed by atoms with E-state index in [1.54, 1.807) is 37.0 Å². The van der Waals surface area contributed by atoms with Crippen LogP contribution in [0.4, 0.5) is 11.5 Å². The van der Waals surface area contributed by atoms with Crippen molar-refractivity contribution in [2.75, 3.05) is 18.2 Å². The maximum atomic E-state index is 11.1. The van der Waals surface area contributed by atoms with Crippen LogP contribution in [0.25, 0.3) is 11.3 Å². The average Bonchev–Trinajstić information content (AvgIpc) is 2.67. The van der Waals surface area contributed by atoms with Crippen molar-refractivity contribution in [3.63, 3.8) is 0 Å². The number of hydrogen-bond donors (Lipinski definition) is 2. The first kappa shape index (κ1) is 12.9. The van der Waals surface area contributed by atoms with Gasteiger partial charge in [-0.05, 0) is 18.2 Å². The molecule has 6 nitrogen and oxygen atoms in total. The molecule has 0 radical (unpaired) electrons. The Kier molecular flexibility index (Phi) is 3.41. The van der Waals surface area contributed by atoms with E-state index in [0.29, 0.717) is 17.3 Å². The first-order valence-electron chi connectivity index (χ1n) is 5.76. The molecule has 0 atom stereocenters. The molecule has 0 aliphatic heterocycles. The number of nitrogens with two attached hydrogens (primary N) is 1. The highest BCUT2D eigenvalue weighted by Crippen LogP contribution is 2.33. The summed E-state index contributed by atoms with van der Waals surface area (Å²) in [5.41, 5.74) is 8.02. The second-order valence-corrected chi connectivity index (χ2v) is 4.17. The number of rotatable bonds is 3. The molecule has 3 N–H and O–H groups in total. The van der Waals surface area contributed by atoms with Crippen molar-refractivity contribution < 1.29 is 9.53 Å². The molecular weight excluding hydrogens is 244 g/mol. The van der Waals surface area contributed by atoms with Crippen LogP contribution in [0.15, 0.2) is 24.3 Å². The molecule has 100 valence electrons. The molecule has 2 rings (SSSR count). The highest BCUT2D eigenvalue weighted by atomic mass is 16.5. The van der Waals surface area contributed by atoms with Crippen LogP contribution in [0.1, 0.15) is 6.92 Å². The molecule has 1 heterocycles. The zero-order chi connectivity index (χ0) is 14.0. The van der Waals surface area contributed by atoms with Gasteiger partial charge in [-0.15, -0.1) is 0 Å². The molecule has 0 saturated heterocycles. The number of nitrogen functional groups attached to an aromatic ring is 1. The van der Waals surface area contributed by atoms with Crippen molar-refractivity contribution in [1.29, 1.82) is 0 Å². The van der Waals surface area contributed by atoms with E-state index in [9.17, 15) is 4.79 Å². The van der Waals surface area contributed by atoms with E-state index in [1.807, 2.05) is 6.07 Å². The molecular formula is C13H16N4O2. The van der Waals surface area contributed by atoms with E-state index in [-0.39, 0.29) is 5.91 Å². The standard InChI is InChI=1S/C13H16N4O2/c1-8(18)15-9-4-5-12(19-3)10(6-9)11-7-13(14)16-17(11)2/h4-7H,1-3H3,(H2,14,16)(H,15,18). The fourth-order valence-corrected chi connectivity index (χ4v) is 1.93. The number of ether oxygens (including phenoxy) is 1. The van der Waals surface area contributed by atoms with Gasteiger partial charge >= 0.3 is 0 Å². The summed E-state index contributed by atoms with van der Waals surface area (Å²) >= 11 is 0. The third-order valence-electron chi connectivity index (χ3n) is 2.69. The van der Waals surface area contributed by atoms with Crippen LogP contribution in [0, 0.1) is 0 Å². The van der Waals surface area contributed by atoms with Crippen molar-refractivity contribution >= 4 is 17.4 Å². The minimum Gasteiger partial charge on any atom is -0.496 e. The van der Waals surface area contributed by atoms with Crippen LogP contribution < -0.4 is 15.8 Å². The minimum absolute atomic E-state index is 0.124. The summed E-state index contributed by atoms with van der Waals surface area (Å²) in [5.74, 6) is 1.00. The normalized spacial score (nSPS) is 10.3. The number of carbonyl (C=O) groups is 1. The van der Waals surface area contributed by atoms with Gasteiger partial charge in [0.25, 0.3) is 0 Å². The van der Waals surface area contributed by atoms with Gasteiger partial charge in [0.05, 0.1) is 12.8 Å². The van der Waals surface area contributed by atoms with E-state index in [4.69, 9.17) is 10.5 Å². The molecule has 19 heavy (non-hydrogen) atoms. The first-order chi connectivity index (χ1) is 9.01. The summed E-state index contributed by atoms with van der Waals surface area (Å²) in [6.45, 7) is 1.46. The van der Waals surface area contributed by atoms with E-state index in [0.717, 1.165) is 11.3 Å². The molecule has 0 bridgehead atoms. The number of amides is 1. The Bertz CT molecular complexity index is 619. The van der Waals surface area contributed by atoms with Gasteiger partial charge in [0, 0.05) is 31.3 Å². The summed E-state index contributed by atoms with van der Waals surface area (Å²) in [5, 5.41) is 6.84. The van der Waals surface area contributed by atoms with Gasteiger partial charge in [-0.3, -0.25) is 9.48 Å². The highest BCUT2D eigenvalue weighted by molar-refractivity contribution is 5.90. The van der Waals surface area contributed by atoms with Crippen molar-refractivity contribution in [3.8, 4) is 17.0 Å². The van der Waals surface area contributed by atoms with Gasteiger partial charge in [-0.2, -0.15) is 5.10 Å². The summed E-state index contributed by atoms with van der Waals surface area (Å²) in [7, 11) is 3.40. The number of methoxy groups -OCH3 is 1. The second-order valence-electron chi connectivity index (χ2n) is 4.17.